The van der Waals surface area contributed by atoms with E-state index >= 15 is 0 Å². The van der Waals surface area contributed by atoms with Crippen LogP contribution in [-0.2, 0) is 0 Å². The van der Waals surface area contributed by atoms with Crippen molar-refractivity contribution in [3.05, 3.63) is 47.2 Å². The lowest BCUT2D eigenvalue weighted by molar-refractivity contribution is 0.311. The minimum absolute atomic E-state index is 0.111. The van der Waals surface area contributed by atoms with E-state index in [1.165, 1.54) is 6.07 Å². The van der Waals surface area contributed by atoms with Crippen molar-refractivity contribution in [2.45, 2.75) is 6.17 Å². The van der Waals surface area contributed by atoms with Crippen LogP contribution in [0.3, 0.4) is 0 Å². The van der Waals surface area contributed by atoms with Gasteiger partial charge in [0.25, 0.3) is 0 Å². The molecule has 132 valence electrons. The Hall–Kier alpha value is -2.06. The van der Waals surface area contributed by atoms with Gasteiger partial charge in [0.15, 0.2) is 6.17 Å². The summed E-state index contributed by atoms with van der Waals surface area (Å²) in [5, 5.41) is 6.44. The van der Waals surface area contributed by atoms with E-state index in [-0.39, 0.29) is 12.0 Å². The molecule has 0 saturated carbocycles. The van der Waals surface area contributed by atoms with Crippen molar-refractivity contribution in [1.29, 1.82) is 0 Å². The largest absolute Gasteiger partial charge is 0.367 e. The number of rotatable bonds is 2. The average molecular weight is 407 g/mol. The number of likely N-dealkylation sites (N-methyl/N-ethyl adjacent to an activating group) is 1. The number of hydrogen-bond donors (Lipinski definition) is 2. The molecule has 1 fully saturated rings. The molecule has 0 radical (unpaired) electrons. The van der Waals surface area contributed by atoms with Gasteiger partial charge in [-0.3, -0.25) is 0 Å². The molecule has 1 saturated heterocycles. The monoisotopic (exact) mass is 406 g/mol. The van der Waals surface area contributed by atoms with Crippen LogP contribution < -0.4 is 15.5 Å². The number of nitrogens with one attached hydrogen (secondary N) is 2. The van der Waals surface area contributed by atoms with Crippen molar-refractivity contribution >= 4 is 33.1 Å². The molecule has 0 aliphatic carbocycles. The number of hydrogen-bond acceptors (Lipinski definition) is 6. The normalized spacial score (nSPS) is 23.1. The molecule has 3 aliphatic heterocycles. The Bertz CT molecular complexity index is 754. The third-order valence-corrected chi connectivity index (χ3v) is 5.26. The molecule has 0 amide bonds. The summed E-state index contributed by atoms with van der Waals surface area (Å²) in [6, 6.07) is 5.28. The van der Waals surface area contributed by atoms with Crippen LogP contribution in [0.5, 0.6) is 0 Å². The maximum Gasteiger partial charge on any atom is 0.163 e. The van der Waals surface area contributed by atoms with Crippen LogP contribution in [0.4, 0.5) is 15.8 Å². The molecule has 0 spiro atoms. The van der Waals surface area contributed by atoms with Gasteiger partial charge >= 0.3 is 0 Å². The van der Waals surface area contributed by atoms with Gasteiger partial charge in [-0.05, 0) is 41.2 Å². The molecular formula is C17H20BrFN6. The lowest BCUT2D eigenvalue weighted by Crippen LogP contribution is -2.46. The first-order chi connectivity index (χ1) is 12.1. The van der Waals surface area contributed by atoms with Gasteiger partial charge in [-0.25, -0.2) is 9.38 Å². The van der Waals surface area contributed by atoms with Crippen LogP contribution in [0, 0.1) is 5.82 Å². The molecule has 1 aromatic carbocycles. The standard InChI is InChI=1S/C17H20BrFN6/c1-23-6-8-24(9-7-23)14-3-2-12(10-13(14)19)22-16-17-20-4-5-25(17)15(18)11-21-16/h2-5,10-11,17,20H,6-9H2,1H3,(H,21,22). The predicted molar refractivity (Wildman–Crippen MR) is 102 cm³/mol. The van der Waals surface area contributed by atoms with Crippen molar-refractivity contribution in [2.24, 2.45) is 4.99 Å². The molecule has 1 atom stereocenters. The number of aliphatic imine (C=N–C) groups is 1. The fourth-order valence-corrected chi connectivity index (χ4v) is 3.61. The van der Waals surface area contributed by atoms with Gasteiger partial charge in [0.1, 0.15) is 16.3 Å². The van der Waals surface area contributed by atoms with Crippen molar-refractivity contribution in [3.8, 4) is 0 Å². The van der Waals surface area contributed by atoms with Gasteiger partial charge in [-0.15, -0.1) is 0 Å². The molecule has 6 nitrogen and oxygen atoms in total. The Kier molecular flexibility index (Phi) is 4.39. The number of fused-ring (bicyclic) bond motifs is 1. The van der Waals surface area contributed by atoms with Crippen LogP contribution in [0.1, 0.15) is 0 Å². The average Bonchev–Trinajstić information content (AvgIpc) is 3.10. The summed E-state index contributed by atoms with van der Waals surface area (Å²) in [7, 11) is 2.09. The third kappa shape index (κ3) is 3.23. The van der Waals surface area contributed by atoms with Gasteiger partial charge in [0, 0.05) is 44.3 Å². The van der Waals surface area contributed by atoms with E-state index in [1.54, 1.807) is 6.20 Å². The van der Waals surface area contributed by atoms with Crippen LogP contribution in [0.2, 0.25) is 0 Å². The number of benzene rings is 1. The maximum atomic E-state index is 14.6. The lowest BCUT2D eigenvalue weighted by atomic mass is 10.2. The number of amidine groups is 1. The highest BCUT2D eigenvalue weighted by Crippen LogP contribution is 2.27. The van der Waals surface area contributed by atoms with Gasteiger partial charge in [0.05, 0.1) is 11.9 Å². The Labute approximate surface area is 154 Å². The van der Waals surface area contributed by atoms with Crippen LogP contribution in [0.25, 0.3) is 0 Å². The Morgan fingerprint density at radius 1 is 1.28 bits per heavy atom. The molecule has 0 bridgehead atoms. The van der Waals surface area contributed by atoms with E-state index in [4.69, 9.17) is 0 Å². The zero-order chi connectivity index (χ0) is 17.4. The molecule has 0 aromatic heterocycles. The molecule has 25 heavy (non-hydrogen) atoms. The summed E-state index contributed by atoms with van der Waals surface area (Å²) in [5.74, 6) is 0.511. The Balaban J connectivity index is 1.50. The first-order valence-electron chi connectivity index (χ1n) is 8.26. The summed E-state index contributed by atoms with van der Waals surface area (Å²) in [6.07, 6.45) is 5.41. The summed E-state index contributed by atoms with van der Waals surface area (Å²) in [4.78, 5) is 10.8. The molecule has 4 rings (SSSR count). The van der Waals surface area contributed by atoms with Crippen LogP contribution >= 0.6 is 15.9 Å². The fraction of sp³-hybridized carbons (Fsp3) is 0.353. The number of anilines is 2. The van der Waals surface area contributed by atoms with Crippen molar-refractivity contribution in [1.82, 2.24) is 15.1 Å². The predicted octanol–water partition coefficient (Wildman–Crippen LogP) is 2.30. The highest BCUT2D eigenvalue weighted by molar-refractivity contribution is 9.11. The second kappa shape index (κ2) is 6.68. The zero-order valence-electron chi connectivity index (χ0n) is 13.9. The Morgan fingerprint density at radius 3 is 2.84 bits per heavy atom. The summed E-state index contributed by atoms with van der Waals surface area (Å²) in [6.45, 7) is 3.60. The van der Waals surface area contributed by atoms with E-state index in [1.807, 2.05) is 29.4 Å². The first kappa shape index (κ1) is 16.4. The highest BCUT2D eigenvalue weighted by Gasteiger charge is 2.29. The van der Waals surface area contributed by atoms with Crippen molar-refractivity contribution in [3.63, 3.8) is 0 Å². The number of nitrogens with zero attached hydrogens (tertiary/aromatic N) is 4. The molecule has 3 aliphatic rings. The van der Waals surface area contributed by atoms with E-state index in [9.17, 15) is 4.39 Å². The van der Waals surface area contributed by atoms with Gasteiger partial charge in [-0.1, -0.05) is 0 Å². The van der Waals surface area contributed by atoms with Crippen molar-refractivity contribution in [2.75, 3.05) is 43.4 Å². The fourth-order valence-electron chi connectivity index (χ4n) is 3.18. The second-order valence-electron chi connectivity index (χ2n) is 6.34. The van der Waals surface area contributed by atoms with E-state index < -0.39 is 0 Å². The SMILES string of the molecule is CN1CCN(c2ccc(NC3=NC=C(Br)N4C=CNC34)cc2F)CC1. The summed E-state index contributed by atoms with van der Waals surface area (Å²) < 4.78 is 15.5. The first-order valence-corrected chi connectivity index (χ1v) is 9.05. The summed E-state index contributed by atoms with van der Waals surface area (Å²) in [5.41, 5.74) is 1.35. The smallest absolute Gasteiger partial charge is 0.163 e. The molecular weight excluding hydrogens is 387 g/mol. The molecule has 1 aromatic rings. The molecule has 3 heterocycles. The maximum absolute atomic E-state index is 14.6. The minimum Gasteiger partial charge on any atom is -0.367 e. The van der Waals surface area contributed by atoms with Crippen molar-refractivity contribution < 1.29 is 4.39 Å². The topological polar surface area (TPSA) is 46.1 Å². The van der Waals surface area contributed by atoms with Crippen LogP contribution in [0.15, 0.2) is 46.4 Å². The lowest BCUT2D eigenvalue weighted by Gasteiger charge is -2.34. The number of piperazine rings is 1. The molecule has 2 N–H and O–H groups in total. The van der Waals surface area contributed by atoms with E-state index in [2.05, 4.69) is 48.4 Å². The quantitative estimate of drug-likeness (QED) is 0.737. The van der Waals surface area contributed by atoms with E-state index in [0.29, 0.717) is 11.4 Å². The Morgan fingerprint density at radius 2 is 2.08 bits per heavy atom. The molecule has 1 unspecified atom stereocenters. The van der Waals surface area contributed by atoms with Gasteiger partial charge in [0.2, 0.25) is 0 Å². The molecule has 8 heteroatoms. The zero-order valence-corrected chi connectivity index (χ0v) is 15.5. The minimum atomic E-state index is -0.211. The van der Waals surface area contributed by atoms with E-state index in [0.717, 1.165) is 36.6 Å². The van der Waals surface area contributed by atoms with Gasteiger partial charge in [-0.2, -0.15) is 0 Å². The second-order valence-corrected chi connectivity index (χ2v) is 7.15. The van der Waals surface area contributed by atoms with Crippen LogP contribution in [-0.4, -0.2) is 55.0 Å². The third-order valence-electron chi connectivity index (χ3n) is 4.65. The summed E-state index contributed by atoms with van der Waals surface area (Å²) >= 11 is 3.47. The van der Waals surface area contributed by atoms with Gasteiger partial charge < -0.3 is 25.3 Å². The highest BCUT2D eigenvalue weighted by atomic mass is 79.9. The number of halogens is 2.